The zero-order chi connectivity index (χ0) is 19.8. The summed E-state index contributed by atoms with van der Waals surface area (Å²) in [6.45, 7) is 3.78. The van der Waals surface area contributed by atoms with Gasteiger partial charge in [0.25, 0.3) is 5.91 Å². The summed E-state index contributed by atoms with van der Waals surface area (Å²) in [5.74, 6) is 0.744. The first-order valence-corrected chi connectivity index (χ1v) is 11.0. The van der Waals surface area contributed by atoms with Crippen molar-refractivity contribution >= 4 is 17.2 Å². The van der Waals surface area contributed by atoms with Crippen LogP contribution in [0.3, 0.4) is 0 Å². The van der Waals surface area contributed by atoms with Crippen LogP contribution in [-0.2, 0) is 12.0 Å². The molecule has 1 saturated heterocycles. The molecule has 4 heterocycles. The minimum Gasteiger partial charge on any atom is -0.341 e. The molecular weight excluding hydrogens is 380 g/mol. The SMILES string of the molecule is CN1CC2(CCN(Cc3cccs3)CC2)c2nc(-c3ccccc3)ncc2C1=O. The van der Waals surface area contributed by atoms with Crippen molar-refractivity contribution in [3.8, 4) is 11.4 Å². The maximum absolute atomic E-state index is 12.8. The van der Waals surface area contributed by atoms with E-state index < -0.39 is 0 Å². The van der Waals surface area contributed by atoms with E-state index in [0.717, 1.165) is 50.3 Å². The third-order valence-corrected chi connectivity index (χ3v) is 7.07. The van der Waals surface area contributed by atoms with Crippen LogP contribution in [0.1, 0.15) is 33.8 Å². The zero-order valence-electron chi connectivity index (χ0n) is 16.5. The summed E-state index contributed by atoms with van der Waals surface area (Å²) in [4.78, 5) is 28.1. The summed E-state index contributed by atoms with van der Waals surface area (Å²) < 4.78 is 0. The van der Waals surface area contributed by atoms with Crippen molar-refractivity contribution in [2.45, 2.75) is 24.8 Å². The molecule has 3 aromatic rings. The van der Waals surface area contributed by atoms with E-state index in [1.165, 1.54) is 4.88 Å². The number of amides is 1. The minimum atomic E-state index is -0.0869. The molecule has 1 fully saturated rings. The number of carbonyl (C=O) groups is 1. The van der Waals surface area contributed by atoms with Gasteiger partial charge in [-0.05, 0) is 37.4 Å². The maximum Gasteiger partial charge on any atom is 0.257 e. The molecule has 1 amide bonds. The predicted octanol–water partition coefficient (Wildman–Crippen LogP) is 3.82. The number of hydrogen-bond donors (Lipinski definition) is 0. The van der Waals surface area contributed by atoms with Gasteiger partial charge in [-0.25, -0.2) is 9.97 Å². The van der Waals surface area contributed by atoms with E-state index in [0.29, 0.717) is 11.4 Å². The molecule has 6 heteroatoms. The second kappa shape index (κ2) is 7.35. The van der Waals surface area contributed by atoms with Crippen LogP contribution in [0.2, 0.25) is 0 Å². The molecule has 1 spiro atoms. The van der Waals surface area contributed by atoms with Gasteiger partial charge in [0.05, 0.1) is 11.3 Å². The molecule has 5 nitrogen and oxygen atoms in total. The largest absolute Gasteiger partial charge is 0.341 e. The van der Waals surface area contributed by atoms with E-state index in [4.69, 9.17) is 4.98 Å². The number of fused-ring (bicyclic) bond motifs is 2. The monoisotopic (exact) mass is 404 g/mol. The number of thiophene rings is 1. The van der Waals surface area contributed by atoms with Gasteiger partial charge in [-0.1, -0.05) is 36.4 Å². The van der Waals surface area contributed by atoms with E-state index in [-0.39, 0.29) is 11.3 Å². The van der Waals surface area contributed by atoms with Crippen LogP contribution in [0.4, 0.5) is 0 Å². The fourth-order valence-corrected chi connectivity index (χ4v) is 5.38. The van der Waals surface area contributed by atoms with Gasteiger partial charge in [0.2, 0.25) is 0 Å². The van der Waals surface area contributed by atoms with Gasteiger partial charge in [0.1, 0.15) is 0 Å². The highest BCUT2D eigenvalue weighted by Gasteiger charge is 2.45. The second-order valence-corrected chi connectivity index (χ2v) is 9.15. The molecule has 0 unspecified atom stereocenters. The van der Waals surface area contributed by atoms with Crippen LogP contribution in [0, 0.1) is 0 Å². The van der Waals surface area contributed by atoms with E-state index in [1.54, 1.807) is 6.20 Å². The number of rotatable bonds is 3. The Bertz CT molecular complexity index is 1010. The van der Waals surface area contributed by atoms with Crippen LogP contribution >= 0.6 is 11.3 Å². The molecule has 0 aliphatic carbocycles. The Morgan fingerprint density at radius 1 is 1.10 bits per heavy atom. The van der Waals surface area contributed by atoms with Gasteiger partial charge in [-0.2, -0.15) is 0 Å². The van der Waals surface area contributed by atoms with Gasteiger partial charge in [0.15, 0.2) is 5.82 Å². The third kappa shape index (κ3) is 3.36. The first kappa shape index (κ1) is 18.5. The number of piperidine rings is 1. The number of hydrogen-bond acceptors (Lipinski definition) is 5. The first-order valence-electron chi connectivity index (χ1n) is 10.1. The van der Waals surface area contributed by atoms with Gasteiger partial charge < -0.3 is 4.90 Å². The van der Waals surface area contributed by atoms with Crippen molar-refractivity contribution in [1.82, 2.24) is 19.8 Å². The molecule has 29 heavy (non-hydrogen) atoms. The highest BCUT2D eigenvalue weighted by atomic mass is 32.1. The lowest BCUT2D eigenvalue weighted by Gasteiger charge is -2.46. The van der Waals surface area contributed by atoms with E-state index in [2.05, 4.69) is 27.4 Å². The molecule has 0 radical (unpaired) electrons. The van der Waals surface area contributed by atoms with Crippen molar-refractivity contribution in [2.75, 3.05) is 26.7 Å². The van der Waals surface area contributed by atoms with Gasteiger partial charge in [0, 0.05) is 42.2 Å². The maximum atomic E-state index is 12.8. The van der Waals surface area contributed by atoms with Crippen molar-refractivity contribution in [1.29, 1.82) is 0 Å². The lowest BCUT2D eigenvalue weighted by molar-refractivity contribution is 0.0625. The molecule has 5 rings (SSSR count). The Morgan fingerprint density at radius 3 is 2.62 bits per heavy atom. The first-order chi connectivity index (χ1) is 14.1. The molecule has 1 aromatic carbocycles. The quantitative estimate of drug-likeness (QED) is 0.666. The lowest BCUT2D eigenvalue weighted by atomic mass is 9.71. The molecule has 2 aliphatic rings. The summed E-state index contributed by atoms with van der Waals surface area (Å²) >= 11 is 1.82. The Hall–Kier alpha value is -2.57. The predicted molar refractivity (Wildman–Crippen MR) is 115 cm³/mol. The Morgan fingerprint density at radius 2 is 1.90 bits per heavy atom. The Balaban J connectivity index is 1.47. The smallest absolute Gasteiger partial charge is 0.257 e. The normalized spacial score (nSPS) is 18.8. The molecule has 0 N–H and O–H groups in total. The van der Waals surface area contributed by atoms with E-state index >= 15 is 0 Å². The molecule has 2 aliphatic heterocycles. The van der Waals surface area contributed by atoms with Gasteiger partial charge >= 0.3 is 0 Å². The van der Waals surface area contributed by atoms with Gasteiger partial charge in [-0.15, -0.1) is 11.3 Å². The Kier molecular flexibility index (Phi) is 4.68. The molecular formula is C23H24N4OS. The third-order valence-electron chi connectivity index (χ3n) is 6.21. The van der Waals surface area contributed by atoms with Crippen LogP contribution in [0.15, 0.2) is 54.0 Å². The van der Waals surface area contributed by atoms with Crippen molar-refractivity contribution in [2.24, 2.45) is 0 Å². The summed E-state index contributed by atoms with van der Waals surface area (Å²) in [5, 5.41) is 2.14. The van der Waals surface area contributed by atoms with Crippen LogP contribution in [0.5, 0.6) is 0 Å². The lowest BCUT2D eigenvalue weighted by Crippen LogP contribution is -2.53. The number of likely N-dealkylation sites (tertiary alicyclic amines) is 1. The highest BCUT2D eigenvalue weighted by molar-refractivity contribution is 7.09. The van der Waals surface area contributed by atoms with Gasteiger partial charge in [-0.3, -0.25) is 9.69 Å². The second-order valence-electron chi connectivity index (χ2n) is 8.12. The molecule has 2 aromatic heterocycles. The number of likely N-dealkylation sites (N-methyl/N-ethyl adjacent to an activating group) is 1. The summed E-state index contributed by atoms with van der Waals surface area (Å²) in [6, 6.07) is 14.3. The van der Waals surface area contributed by atoms with Crippen LogP contribution < -0.4 is 0 Å². The fourth-order valence-electron chi connectivity index (χ4n) is 4.63. The number of aromatic nitrogens is 2. The number of nitrogens with zero attached hydrogens (tertiary/aromatic N) is 4. The zero-order valence-corrected chi connectivity index (χ0v) is 17.4. The average molecular weight is 405 g/mol. The number of carbonyl (C=O) groups excluding carboxylic acids is 1. The molecule has 0 atom stereocenters. The topological polar surface area (TPSA) is 49.3 Å². The van der Waals surface area contributed by atoms with Crippen molar-refractivity contribution in [3.63, 3.8) is 0 Å². The fraction of sp³-hybridized carbons (Fsp3) is 0.348. The van der Waals surface area contributed by atoms with Crippen LogP contribution in [-0.4, -0.2) is 52.4 Å². The standard InChI is InChI=1S/C23H24N4OS/c1-26-16-23(9-11-27(12-10-23)15-18-8-5-13-29-18)20-19(22(26)28)14-24-21(25-20)17-6-3-2-4-7-17/h2-8,13-14H,9-12,15-16H2,1H3. The summed E-state index contributed by atoms with van der Waals surface area (Å²) in [5.41, 5.74) is 2.53. The average Bonchev–Trinajstić information content (AvgIpc) is 3.27. The summed E-state index contributed by atoms with van der Waals surface area (Å²) in [7, 11) is 1.90. The molecule has 0 bridgehead atoms. The highest BCUT2D eigenvalue weighted by Crippen LogP contribution is 2.41. The number of benzene rings is 1. The van der Waals surface area contributed by atoms with Crippen molar-refractivity contribution in [3.05, 3.63) is 70.2 Å². The minimum absolute atomic E-state index is 0.0336. The molecule has 148 valence electrons. The van der Waals surface area contributed by atoms with Crippen LogP contribution in [0.25, 0.3) is 11.4 Å². The Labute approximate surface area is 175 Å². The van der Waals surface area contributed by atoms with Crippen molar-refractivity contribution < 1.29 is 4.79 Å². The molecule has 0 saturated carbocycles. The van der Waals surface area contributed by atoms with E-state index in [9.17, 15) is 4.79 Å². The van der Waals surface area contributed by atoms with E-state index in [1.807, 2.05) is 53.6 Å². The summed E-state index contributed by atoms with van der Waals surface area (Å²) in [6.07, 6.45) is 3.75.